The molecular weight excluding hydrogens is 424 g/mol. The molecule has 0 aliphatic rings. The maximum atomic E-state index is 12.3. The molecule has 2 aromatic carbocycles. The van der Waals surface area contributed by atoms with E-state index in [4.69, 9.17) is 16.3 Å². The lowest BCUT2D eigenvalue weighted by Gasteiger charge is -2.24. The van der Waals surface area contributed by atoms with Gasteiger partial charge in [0.1, 0.15) is 12.4 Å². The normalized spacial score (nSPS) is 12.3. The van der Waals surface area contributed by atoms with Crippen LogP contribution in [0.4, 0.5) is 5.69 Å². The Balaban J connectivity index is 1.87. The van der Waals surface area contributed by atoms with Crippen LogP contribution in [-0.4, -0.2) is 39.8 Å². The molecular formula is C22H29ClN2O4S. The highest BCUT2D eigenvalue weighted by Gasteiger charge is 2.20. The quantitative estimate of drug-likeness (QED) is 0.589. The van der Waals surface area contributed by atoms with Crippen LogP contribution in [-0.2, 0) is 14.8 Å². The van der Waals surface area contributed by atoms with Gasteiger partial charge in [-0.3, -0.25) is 9.10 Å². The molecule has 0 radical (unpaired) electrons. The van der Waals surface area contributed by atoms with Crippen molar-refractivity contribution in [2.45, 2.75) is 39.7 Å². The predicted molar refractivity (Wildman–Crippen MR) is 122 cm³/mol. The van der Waals surface area contributed by atoms with Crippen molar-refractivity contribution in [3.05, 3.63) is 58.6 Å². The van der Waals surface area contributed by atoms with Gasteiger partial charge < -0.3 is 10.1 Å². The number of para-hydroxylation sites is 1. The lowest BCUT2D eigenvalue weighted by Crippen LogP contribution is -2.37. The van der Waals surface area contributed by atoms with E-state index in [9.17, 15) is 13.2 Å². The lowest BCUT2D eigenvalue weighted by molar-refractivity contribution is -0.121. The topological polar surface area (TPSA) is 75.7 Å². The van der Waals surface area contributed by atoms with Crippen molar-refractivity contribution in [2.75, 3.05) is 23.7 Å². The standard InChI is InChI=1S/C22H29ClN2O4S/c1-16-9-5-6-12-21(16)29-15-17(2)24-22(26)13-8-14-25(30(4,27)28)20-11-7-10-19(23)18(20)3/h5-7,9-12,17H,8,13-15H2,1-4H3,(H,24,26)/t17-/m1/s1. The summed E-state index contributed by atoms with van der Waals surface area (Å²) in [7, 11) is -3.50. The zero-order valence-electron chi connectivity index (χ0n) is 17.8. The summed E-state index contributed by atoms with van der Waals surface area (Å²) in [6, 6.07) is 12.7. The minimum absolute atomic E-state index is 0.146. The summed E-state index contributed by atoms with van der Waals surface area (Å²) in [6.45, 7) is 6.16. The van der Waals surface area contributed by atoms with E-state index in [1.165, 1.54) is 4.31 Å². The second-order valence-corrected chi connectivity index (χ2v) is 9.68. The van der Waals surface area contributed by atoms with Gasteiger partial charge in [0.05, 0.1) is 18.0 Å². The molecule has 6 nitrogen and oxygen atoms in total. The number of hydrogen-bond acceptors (Lipinski definition) is 4. The van der Waals surface area contributed by atoms with E-state index in [2.05, 4.69) is 5.32 Å². The summed E-state index contributed by atoms with van der Waals surface area (Å²) < 4.78 is 31.6. The Kier molecular flexibility index (Phi) is 8.55. The van der Waals surface area contributed by atoms with E-state index in [0.717, 1.165) is 17.6 Å². The van der Waals surface area contributed by atoms with Crippen molar-refractivity contribution in [3.8, 4) is 5.75 Å². The minimum atomic E-state index is -3.50. The molecule has 8 heteroatoms. The Labute approximate surface area is 184 Å². The van der Waals surface area contributed by atoms with Crippen LogP contribution in [0.25, 0.3) is 0 Å². The summed E-state index contributed by atoms with van der Waals surface area (Å²) in [5.41, 5.74) is 2.26. The van der Waals surface area contributed by atoms with Crippen LogP contribution in [0.2, 0.25) is 5.02 Å². The zero-order chi connectivity index (χ0) is 22.3. The van der Waals surface area contributed by atoms with Gasteiger partial charge in [-0.25, -0.2) is 8.42 Å². The molecule has 0 aromatic heterocycles. The van der Waals surface area contributed by atoms with Gasteiger partial charge in [0.25, 0.3) is 0 Å². The molecule has 1 N–H and O–H groups in total. The molecule has 0 heterocycles. The molecule has 30 heavy (non-hydrogen) atoms. The molecule has 0 fully saturated rings. The molecule has 1 atom stereocenters. The van der Waals surface area contributed by atoms with E-state index in [1.54, 1.807) is 25.1 Å². The SMILES string of the molecule is Cc1ccccc1OC[C@@H](C)NC(=O)CCCN(c1cccc(Cl)c1C)S(C)(=O)=O. The molecule has 0 saturated heterocycles. The number of aryl methyl sites for hydroxylation is 1. The number of anilines is 1. The Bertz CT molecular complexity index is 979. The first kappa shape index (κ1) is 24.0. The predicted octanol–water partition coefficient (Wildman–Crippen LogP) is 4.09. The van der Waals surface area contributed by atoms with Crippen molar-refractivity contribution in [2.24, 2.45) is 0 Å². The van der Waals surface area contributed by atoms with E-state index >= 15 is 0 Å². The molecule has 0 bridgehead atoms. The number of nitrogens with one attached hydrogen (secondary N) is 1. The maximum absolute atomic E-state index is 12.3. The highest BCUT2D eigenvalue weighted by molar-refractivity contribution is 7.92. The molecule has 0 unspecified atom stereocenters. The number of sulfonamides is 1. The molecule has 2 aromatic rings. The number of rotatable bonds is 10. The molecule has 0 saturated carbocycles. The van der Waals surface area contributed by atoms with E-state index in [0.29, 0.717) is 29.3 Å². The smallest absolute Gasteiger partial charge is 0.232 e. The van der Waals surface area contributed by atoms with Crippen LogP contribution in [0.5, 0.6) is 5.75 Å². The number of carbonyl (C=O) groups excluding carboxylic acids is 1. The van der Waals surface area contributed by atoms with E-state index in [1.807, 2.05) is 38.1 Å². The highest BCUT2D eigenvalue weighted by atomic mass is 35.5. The van der Waals surface area contributed by atoms with Crippen LogP contribution in [0, 0.1) is 13.8 Å². The highest BCUT2D eigenvalue weighted by Crippen LogP contribution is 2.28. The summed E-state index contributed by atoms with van der Waals surface area (Å²) in [5, 5.41) is 3.39. The number of nitrogens with zero attached hydrogens (tertiary/aromatic N) is 1. The van der Waals surface area contributed by atoms with E-state index in [-0.39, 0.29) is 24.9 Å². The van der Waals surface area contributed by atoms with Gasteiger partial charge in [-0.05, 0) is 56.5 Å². The van der Waals surface area contributed by atoms with Crippen LogP contribution in [0.1, 0.15) is 30.9 Å². The maximum Gasteiger partial charge on any atom is 0.232 e. The second kappa shape index (κ2) is 10.7. The number of ether oxygens (including phenoxy) is 1. The van der Waals surface area contributed by atoms with Crippen LogP contribution < -0.4 is 14.4 Å². The fraction of sp³-hybridized carbons (Fsp3) is 0.409. The molecule has 1 amide bonds. The Hall–Kier alpha value is -2.25. The number of carbonyl (C=O) groups is 1. The molecule has 164 valence electrons. The van der Waals surface area contributed by atoms with Gasteiger partial charge in [0, 0.05) is 18.0 Å². The van der Waals surface area contributed by atoms with Crippen molar-refractivity contribution < 1.29 is 17.9 Å². The number of halogens is 1. The lowest BCUT2D eigenvalue weighted by atomic mass is 10.2. The summed E-state index contributed by atoms with van der Waals surface area (Å²) >= 11 is 6.14. The Morgan fingerprint density at radius 2 is 1.87 bits per heavy atom. The average Bonchev–Trinajstić information content (AvgIpc) is 2.66. The van der Waals surface area contributed by atoms with Gasteiger partial charge >= 0.3 is 0 Å². The fourth-order valence-electron chi connectivity index (χ4n) is 3.04. The number of hydrogen-bond donors (Lipinski definition) is 1. The summed E-state index contributed by atoms with van der Waals surface area (Å²) in [5.74, 6) is 0.645. The molecule has 0 spiro atoms. The van der Waals surface area contributed by atoms with Crippen molar-refractivity contribution in [1.29, 1.82) is 0 Å². The summed E-state index contributed by atoms with van der Waals surface area (Å²) in [6.07, 6.45) is 1.75. The first-order valence-corrected chi connectivity index (χ1v) is 12.0. The Morgan fingerprint density at radius 3 is 2.53 bits per heavy atom. The third-order valence-corrected chi connectivity index (χ3v) is 6.25. The van der Waals surface area contributed by atoms with Crippen LogP contribution in [0.15, 0.2) is 42.5 Å². The third kappa shape index (κ3) is 6.92. The first-order valence-electron chi connectivity index (χ1n) is 9.80. The average molecular weight is 453 g/mol. The first-order chi connectivity index (χ1) is 14.1. The number of amides is 1. The Morgan fingerprint density at radius 1 is 1.17 bits per heavy atom. The van der Waals surface area contributed by atoms with Gasteiger partial charge in [0.2, 0.25) is 15.9 Å². The van der Waals surface area contributed by atoms with Gasteiger partial charge in [-0.2, -0.15) is 0 Å². The fourth-order valence-corrected chi connectivity index (χ4v) is 4.22. The van der Waals surface area contributed by atoms with Gasteiger partial charge in [-0.15, -0.1) is 0 Å². The van der Waals surface area contributed by atoms with Gasteiger partial charge in [0.15, 0.2) is 0 Å². The molecule has 0 aliphatic carbocycles. The number of benzene rings is 2. The monoisotopic (exact) mass is 452 g/mol. The van der Waals surface area contributed by atoms with Crippen molar-refractivity contribution >= 4 is 33.2 Å². The second-order valence-electron chi connectivity index (χ2n) is 7.37. The summed E-state index contributed by atoms with van der Waals surface area (Å²) in [4.78, 5) is 12.3. The third-order valence-electron chi connectivity index (χ3n) is 4.66. The minimum Gasteiger partial charge on any atom is -0.491 e. The zero-order valence-corrected chi connectivity index (χ0v) is 19.4. The van der Waals surface area contributed by atoms with Crippen LogP contribution in [0.3, 0.4) is 0 Å². The molecule has 0 aliphatic heterocycles. The largest absolute Gasteiger partial charge is 0.491 e. The van der Waals surface area contributed by atoms with E-state index < -0.39 is 10.0 Å². The van der Waals surface area contributed by atoms with Crippen molar-refractivity contribution in [3.63, 3.8) is 0 Å². The van der Waals surface area contributed by atoms with Crippen LogP contribution >= 0.6 is 11.6 Å². The molecule has 2 rings (SSSR count). The van der Waals surface area contributed by atoms with Crippen molar-refractivity contribution in [1.82, 2.24) is 5.32 Å². The van der Waals surface area contributed by atoms with Gasteiger partial charge in [-0.1, -0.05) is 35.9 Å².